The quantitative estimate of drug-likeness (QED) is 0.754. The number of fused-ring (bicyclic) bond motifs is 1. The summed E-state index contributed by atoms with van der Waals surface area (Å²) in [4.78, 5) is 16.7. The molecule has 0 N–H and O–H groups in total. The van der Waals surface area contributed by atoms with Crippen molar-refractivity contribution >= 4 is 6.09 Å². The first-order valence-electron chi connectivity index (χ1n) is 10.6. The molecule has 3 aliphatic rings. The van der Waals surface area contributed by atoms with Crippen molar-refractivity contribution in [1.29, 1.82) is 0 Å². The second kappa shape index (κ2) is 7.12. The average Bonchev–Trinajstić information content (AvgIpc) is 2.96. The van der Waals surface area contributed by atoms with Crippen molar-refractivity contribution in [3.8, 4) is 0 Å². The van der Waals surface area contributed by atoms with Gasteiger partial charge in [0.2, 0.25) is 0 Å². The van der Waals surface area contributed by atoms with Gasteiger partial charge in [-0.15, -0.1) is 0 Å². The van der Waals surface area contributed by atoms with Crippen molar-refractivity contribution in [3.63, 3.8) is 0 Å². The fourth-order valence-electron chi connectivity index (χ4n) is 4.75. The maximum Gasteiger partial charge on any atom is 0.410 e. The maximum atomic E-state index is 12.1. The van der Waals surface area contributed by atoms with Gasteiger partial charge in [-0.05, 0) is 82.2 Å². The molecule has 2 heterocycles. The van der Waals surface area contributed by atoms with Crippen LogP contribution in [0.5, 0.6) is 0 Å². The van der Waals surface area contributed by atoms with Crippen molar-refractivity contribution in [2.75, 3.05) is 26.2 Å². The van der Waals surface area contributed by atoms with E-state index in [2.05, 4.69) is 30.0 Å². The van der Waals surface area contributed by atoms with E-state index in [0.29, 0.717) is 12.0 Å². The van der Waals surface area contributed by atoms with Gasteiger partial charge in [0.15, 0.2) is 0 Å². The van der Waals surface area contributed by atoms with E-state index in [9.17, 15) is 4.79 Å². The molecule has 0 saturated carbocycles. The van der Waals surface area contributed by atoms with E-state index in [4.69, 9.17) is 4.74 Å². The lowest BCUT2D eigenvalue weighted by molar-refractivity contribution is 0.00819. The largest absolute Gasteiger partial charge is 0.444 e. The number of carbonyl (C=O) groups excluding carboxylic acids is 1. The Hall–Kier alpha value is -1.55. The van der Waals surface area contributed by atoms with Crippen LogP contribution in [0.4, 0.5) is 4.79 Å². The van der Waals surface area contributed by atoms with Gasteiger partial charge in [0.1, 0.15) is 5.60 Å². The Bertz CT molecular complexity index is 695. The van der Waals surface area contributed by atoms with Crippen LogP contribution < -0.4 is 0 Å². The van der Waals surface area contributed by atoms with Crippen LogP contribution in [0.3, 0.4) is 0 Å². The monoisotopic (exact) mass is 370 g/mol. The zero-order valence-corrected chi connectivity index (χ0v) is 17.3. The summed E-state index contributed by atoms with van der Waals surface area (Å²) in [7, 11) is 0. The summed E-state index contributed by atoms with van der Waals surface area (Å²) in [6.07, 6.45) is 4.96. The molecule has 4 heteroatoms. The fourth-order valence-corrected chi connectivity index (χ4v) is 4.75. The summed E-state index contributed by atoms with van der Waals surface area (Å²) in [6, 6.07) is 7.72. The molecule has 0 bridgehead atoms. The maximum absolute atomic E-state index is 12.1. The minimum absolute atomic E-state index is 0.181. The van der Waals surface area contributed by atoms with Crippen LogP contribution >= 0.6 is 0 Å². The van der Waals surface area contributed by atoms with Crippen LogP contribution in [0, 0.1) is 5.92 Å². The van der Waals surface area contributed by atoms with Gasteiger partial charge in [0, 0.05) is 25.0 Å². The summed E-state index contributed by atoms with van der Waals surface area (Å²) >= 11 is 0. The number of hydrogen-bond donors (Lipinski definition) is 0. The SMILES string of the molecule is CC1CCN(C2CCc3cc(C4CN(C(=O)OC(C)(C)C)C4)ccc32)CC1. The lowest BCUT2D eigenvalue weighted by Crippen LogP contribution is -2.50. The molecule has 1 aromatic rings. The zero-order chi connectivity index (χ0) is 19.2. The highest BCUT2D eigenvalue weighted by atomic mass is 16.6. The first kappa shape index (κ1) is 18.8. The van der Waals surface area contributed by atoms with Gasteiger partial charge in [0.05, 0.1) is 0 Å². The molecule has 1 aliphatic carbocycles. The number of amides is 1. The summed E-state index contributed by atoms with van der Waals surface area (Å²) in [6.45, 7) is 12.2. The van der Waals surface area contributed by atoms with Crippen LogP contribution in [-0.4, -0.2) is 47.7 Å². The third-order valence-electron chi connectivity index (χ3n) is 6.48. The van der Waals surface area contributed by atoms with Gasteiger partial charge in [-0.2, -0.15) is 0 Å². The Labute approximate surface area is 163 Å². The smallest absolute Gasteiger partial charge is 0.410 e. The lowest BCUT2D eigenvalue weighted by atomic mass is 9.89. The van der Waals surface area contributed by atoms with Gasteiger partial charge in [0.25, 0.3) is 0 Å². The summed E-state index contributed by atoms with van der Waals surface area (Å²) in [5.74, 6) is 1.34. The second-order valence-corrected chi connectivity index (χ2v) is 9.81. The molecule has 1 aromatic carbocycles. The van der Waals surface area contributed by atoms with E-state index in [1.54, 1.807) is 5.56 Å². The molecule has 0 aromatic heterocycles. The van der Waals surface area contributed by atoms with Gasteiger partial charge in [-0.25, -0.2) is 4.79 Å². The lowest BCUT2D eigenvalue weighted by Gasteiger charge is -2.40. The number of likely N-dealkylation sites (tertiary alicyclic amines) is 2. The molecule has 1 unspecified atom stereocenters. The van der Waals surface area contributed by atoms with Crippen molar-refractivity contribution in [3.05, 3.63) is 34.9 Å². The van der Waals surface area contributed by atoms with Gasteiger partial charge >= 0.3 is 6.09 Å². The molecule has 2 fully saturated rings. The van der Waals surface area contributed by atoms with E-state index in [-0.39, 0.29) is 6.09 Å². The fraction of sp³-hybridized carbons (Fsp3) is 0.696. The highest BCUT2D eigenvalue weighted by Crippen LogP contribution is 2.40. The third kappa shape index (κ3) is 4.01. The predicted octanol–water partition coefficient (Wildman–Crippen LogP) is 4.74. The van der Waals surface area contributed by atoms with Crippen molar-refractivity contribution in [1.82, 2.24) is 9.80 Å². The summed E-state index contributed by atoms with van der Waals surface area (Å²) in [5.41, 5.74) is 4.06. The Balaban J connectivity index is 1.37. The first-order valence-corrected chi connectivity index (χ1v) is 10.6. The number of rotatable bonds is 2. The van der Waals surface area contributed by atoms with Crippen molar-refractivity contribution < 1.29 is 9.53 Å². The standard InChI is InChI=1S/C23H34N2O2/c1-16-9-11-24(12-10-16)21-8-6-18-13-17(5-7-20(18)21)19-14-25(15-19)22(26)27-23(2,3)4/h5,7,13,16,19,21H,6,8-12,14-15H2,1-4H3. The van der Waals surface area contributed by atoms with E-state index < -0.39 is 5.60 Å². The molecule has 2 saturated heterocycles. The number of aryl methyl sites for hydroxylation is 1. The molecule has 1 amide bonds. The molecule has 4 rings (SSSR count). The van der Waals surface area contributed by atoms with Gasteiger partial charge < -0.3 is 9.64 Å². The van der Waals surface area contributed by atoms with Crippen LogP contribution in [-0.2, 0) is 11.2 Å². The van der Waals surface area contributed by atoms with Crippen LogP contribution in [0.2, 0.25) is 0 Å². The van der Waals surface area contributed by atoms with Crippen LogP contribution in [0.1, 0.15) is 75.6 Å². The normalized spacial score (nSPS) is 24.6. The Kier molecular flexibility index (Phi) is 4.96. The van der Waals surface area contributed by atoms with E-state index in [1.807, 2.05) is 25.7 Å². The van der Waals surface area contributed by atoms with Crippen molar-refractivity contribution in [2.24, 2.45) is 5.92 Å². The molecule has 1 atom stereocenters. The van der Waals surface area contributed by atoms with Crippen LogP contribution in [0.25, 0.3) is 0 Å². The van der Waals surface area contributed by atoms with E-state index >= 15 is 0 Å². The number of piperidine rings is 1. The van der Waals surface area contributed by atoms with E-state index in [0.717, 1.165) is 19.0 Å². The number of benzene rings is 1. The minimum atomic E-state index is -0.420. The Morgan fingerprint density at radius 1 is 1.11 bits per heavy atom. The summed E-state index contributed by atoms with van der Waals surface area (Å²) in [5, 5.41) is 0. The molecule has 0 radical (unpaired) electrons. The molecule has 148 valence electrons. The number of nitrogens with zero attached hydrogens (tertiary/aromatic N) is 2. The number of carbonyl (C=O) groups is 1. The zero-order valence-electron chi connectivity index (χ0n) is 17.3. The van der Waals surface area contributed by atoms with Crippen LogP contribution in [0.15, 0.2) is 18.2 Å². The topological polar surface area (TPSA) is 32.8 Å². The Morgan fingerprint density at radius 3 is 2.48 bits per heavy atom. The molecular weight excluding hydrogens is 336 g/mol. The molecule has 0 spiro atoms. The molecule has 4 nitrogen and oxygen atoms in total. The van der Waals surface area contributed by atoms with Gasteiger partial charge in [-0.1, -0.05) is 25.1 Å². The summed E-state index contributed by atoms with van der Waals surface area (Å²) < 4.78 is 5.47. The molecule has 2 aliphatic heterocycles. The van der Waals surface area contributed by atoms with Crippen molar-refractivity contribution in [2.45, 2.75) is 70.9 Å². The predicted molar refractivity (Wildman–Crippen MR) is 108 cm³/mol. The number of hydrogen-bond acceptors (Lipinski definition) is 3. The Morgan fingerprint density at radius 2 is 1.81 bits per heavy atom. The molecular formula is C23H34N2O2. The first-order chi connectivity index (χ1) is 12.8. The second-order valence-electron chi connectivity index (χ2n) is 9.81. The number of ether oxygens (including phenoxy) is 1. The van der Waals surface area contributed by atoms with Gasteiger partial charge in [-0.3, -0.25) is 4.90 Å². The molecule has 27 heavy (non-hydrogen) atoms. The minimum Gasteiger partial charge on any atom is -0.444 e. The highest BCUT2D eigenvalue weighted by Gasteiger charge is 2.36. The van der Waals surface area contributed by atoms with E-state index in [1.165, 1.54) is 49.9 Å². The highest BCUT2D eigenvalue weighted by molar-refractivity contribution is 5.69. The average molecular weight is 371 g/mol. The third-order valence-corrected chi connectivity index (χ3v) is 6.48.